The van der Waals surface area contributed by atoms with Crippen LogP contribution in [0.1, 0.15) is 19.3 Å². The summed E-state index contributed by atoms with van der Waals surface area (Å²) in [7, 11) is 0. The van der Waals surface area contributed by atoms with Gasteiger partial charge >= 0.3 is 0 Å². The Kier molecular flexibility index (Phi) is 2.54. The van der Waals surface area contributed by atoms with Crippen molar-refractivity contribution in [1.82, 2.24) is 4.98 Å². The molecule has 1 N–H and O–H groups in total. The summed E-state index contributed by atoms with van der Waals surface area (Å²) < 4.78 is 0. The third kappa shape index (κ3) is 2.04. The Morgan fingerprint density at radius 3 is 2.92 bits per heavy atom. The van der Waals surface area contributed by atoms with Gasteiger partial charge in [0, 0.05) is 12.1 Å². The van der Waals surface area contributed by atoms with E-state index in [1.807, 2.05) is 12.1 Å². The zero-order valence-corrected chi connectivity index (χ0v) is 8.18. The minimum atomic E-state index is 0.607. The van der Waals surface area contributed by atoms with Crippen LogP contribution in [0.3, 0.4) is 0 Å². The zero-order valence-electron chi connectivity index (χ0n) is 7.36. The fraction of sp³-hybridized carbons (Fsp3) is 0.400. The maximum Gasteiger partial charge on any atom is 0.0829 e. The number of hydrogen-bond acceptors (Lipinski definition) is 2. The molecule has 0 radical (unpaired) electrons. The summed E-state index contributed by atoms with van der Waals surface area (Å²) in [6.45, 7) is 0. The van der Waals surface area contributed by atoms with Gasteiger partial charge in [-0.25, -0.2) is 0 Å². The largest absolute Gasteiger partial charge is 0.349 e. The Morgan fingerprint density at radius 1 is 1.54 bits per heavy atom. The number of nitrogens with zero attached hydrogens (tertiary/aromatic N) is 1. The van der Waals surface area contributed by atoms with Crippen molar-refractivity contribution in [2.75, 3.05) is 5.32 Å². The van der Waals surface area contributed by atoms with E-state index in [-0.39, 0.29) is 0 Å². The molecule has 0 aromatic carbocycles. The summed E-state index contributed by atoms with van der Waals surface area (Å²) in [6, 6.07) is 3.89. The second-order valence-corrected chi connectivity index (χ2v) is 3.80. The highest BCUT2D eigenvalue weighted by molar-refractivity contribution is 7.80. The lowest BCUT2D eigenvalue weighted by atomic mass is 9.85. The molecule has 1 aliphatic rings. The average molecular weight is 192 g/mol. The Labute approximate surface area is 83.4 Å². The molecule has 0 aliphatic heterocycles. The average Bonchev–Trinajstić information content (AvgIpc) is 2.02. The molecule has 1 aromatic rings. The first kappa shape index (κ1) is 8.63. The standard InChI is InChI=1S/C10H12N2S/c13-10(8-3-1-4-8)12-9-5-2-6-11-7-9/h2,5-8H,1,3-4H2,(H,12,13). The SMILES string of the molecule is S=C(Nc1cccnc1)C1CCC1. The molecule has 0 saturated heterocycles. The Hall–Kier alpha value is -0.960. The number of thiocarbonyl (C=S) groups is 1. The Bertz CT molecular complexity index is 293. The molecule has 68 valence electrons. The first-order chi connectivity index (χ1) is 6.36. The number of hydrogen-bond donors (Lipinski definition) is 1. The topological polar surface area (TPSA) is 24.9 Å². The molecule has 1 aromatic heterocycles. The van der Waals surface area contributed by atoms with Crippen LogP contribution in [-0.4, -0.2) is 9.97 Å². The smallest absolute Gasteiger partial charge is 0.0829 e. The van der Waals surface area contributed by atoms with Crippen LogP contribution in [0.4, 0.5) is 5.69 Å². The van der Waals surface area contributed by atoms with Gasteiger partial charge in [-0.3, -0.25) is 4.98 Å². The molecule has 2 nitrogen and oxygen atoms in total. The third-order valence-electron chi connectivity index (χ3n) is 2.41. The molecule has 0 bridgehead atoms. The lowest BCUT2D eigenvalue weighted by molar-refractivity contribution is 0.417. The molecule has 1 aliphatic carbocycles. The van der Waals surface area contributed by atoms with E-state index in [1.165, 1.54) is 19.3 Å². The van der Waals surface area contributed by atoms with Crippen LogP contribution in [0.15, 0.2) is 24.5 Å². The third-order valence-corrected chi connectivity index (χ3v) is 2.84. The van der Waals surface area contributed by atoms with Crippen molar-refractivity contribution in [3.05, 3.63) is 24.5 Å². The second-order valence-electron chi connectivity index (χ2n) is 3.36. The summed E-state index contributed by atoms with van der Waals surface area (Å²) in [5.74, 6) is 0.607. The van der Waals surface area contributed by atoms with Gasteiger partial charge in [0.05, 0.1) is 16.9 Å². The van der Waals surface area contributed by atoms with Gasteiger partial charge in [0.25, 0.3) is 0 Å². The van der Waals surface area contributed by atoms with Crippen LogP contribution in [0.2, 0.25) is 0 Å². The zero-order chi connectivity index (χ0) is 9.10. The van der Waals surface area contributed by atoms with Crippen molar-refractivity contribution in [1.29, 1.82) is 0 Å². The molecular weight excluding hydrogens is 180 g/mol. The lowest BCUT2D eigenvalue weighted by Gasteiger charge is -2.26. The number of aromatic nitrogens is 1. The van der Waals surface area contributed by atoms with Crippen LogP contribution in [0.5, 0.6) is 0 Å². The first-order valence-electron chi connectivity index (χ1n) is 4.57. The van der Waals surface area contributed by atoms with E-state index in [1.54, 1.807) is 12.4 Å². The summed E-state index contributed by atoms with van der Waals surface area (Å²) in [5, 5.41) is 3.21. The summed E-state index contributed by atoms with van der Waals surface area (Å²) in [6.07, 6.45) is 7.36. The van der Waals surface area contributed by atoms with Gasteiger partial charge in [-0.05, 0) is 25.0 Å². The fourth-order valence-electron chi connectivity index (χ4n) is 1.35. The number of nitrogens with one attached hydrogen (secondary N) is 1. The van der Waals surface area contributed by atoms with Gasteiger partial charge in [0.2, 0.25) is 0 Å². The van der Waals surface area contributed by atoms with E-state index in [0.29, 0.717) is 5.92 Å². The fourth-order valence-corrected chi connectivity index (χ4v) is 1.71. The molecule has 0 atom stereocenters. The van der Waals surface area contributed by atoms with Gasteiger partial charge in [-0.1, -0.05) is 18.6 Å². The molecule has 3 heteroatoms. The van der Waals surface area contributed by atoms with Crippen molar-refractivity contribution in [3.63, 3.8) is 0 Å². The van der Waals surface area contributed by atoms with Gasteiger partial charge in [0.15, 0.2) is 0 Å². The highest BCUT2D eigenvalue weighted by Gasteiger charge is 2.21. The normalized spacial score (nSPS) is 16.3. The van der Waals surface area contributed by atoms with Crippen LogP contribution in [-0.2, 0) is 0 Å². The molecule has 1 saturated carbocycles. The maximum atomic E-state index is 5.27. The summed E-state index contributed by atoms with van der Waals surface area (Å²) in [4.78, 5) is 4.99. The van der Waals surface area contributed by atoms with E-state index < -0.39 is 0 Å². The van der Waals surface area contributed by atoms with Crippen LogP contribution >= 0.6 is 12.2 Å². The minimum Gasteiger partial charge on any atom is -0.349 e. The van der Waals surface area contributed by atoms with Gasteiger partial charge in [-0.15, -0.1) is 0 Å². The van der Waals surface area contributed by atoms with Gasteiger partial charge in [-0.2, -0.15) is 0 Å². The van der Waals surface area contributed by atoms with Gasteiger partial charge < -0.3 is 5.32 Å². The molecule has 0 amide bonds. The van der Waals surface area contributed by atoms with E-state index in [2.05, 4.69) is 10.3 Å². The monoisotopic (exact) mass is 192 g/mol. The molecule has 2 rings (SSSR count). The van der Waals surface area contributed by atoms with Crippen molar-refractivity contribution < 1.29 is 0 Å². The molecule has 1 heterocycles. The summed E-state index contributed by atoms with van der Waals surface area (Å²) in [5.41, 5.74) is 0.999. The lowest BCUT2D eigenvalue weighted by Crippen LogP contribution is -2.26. The highest BCUT2D eigenvalue weighted by Crippen LogP contribution is 2.28. The quantitative estimate of drug-likeness (QED) is 0.729. The van der Waals surface area contributed by atoms with E-state index >= 15 is 0 Å². The molecule has 0 spiro atoms. The van der Waals surface area contributed by atoms with Gasteiger partial charge in [0.1, 0.15) is 0 Å². The van der Waals surface area contributed by atoms with Crippen molar-refractivity contribution in [3.8, 4) is 0 Å². The molecule has 0 unspecified atom stereocenters. The minimum absolute atomic E-state index is 0.607. The van der Waals surface area contributed by atoms with Crippen LogP contribution in [0, 0.1) is 5.92 Å². The molecular formula is C10H12N2S. The molecule has 13 heavy (non-hydrogen) atoms. The Morgan fingerprint density at radius 2 is 2.38 bits per heavy atom. The summed E-state index contributed by atoms with van der Waals surface area (Å²) >= 11 is 5.27. The number of anilines is 1. The Balaban J connectivity index is 1.94. The number of pyridine rings is 1. The van der Waals surface area contributed by atoms with E-state index in [4.69, 9.17) is 12.2 Å². The first-order valence-corrected chi connectivity index (χ1v) is 4.98. The van der Waals surface area contributed by atoms with E-state index in [9.17, 15) is 0 Å². The predicted molar refractivity (Wildman–Crippen MR) is 57.8 cm³/mol. The maximum absolute atomic E-state index is 5.27. The predicted octanol–water partition coefficient (Wildman–Crippen LogP) is 2.62. The second kappa shape index (κ2) is 3.83. The highest BCUT2D eigenvalue weighted by atomic mass is 32.1. The molecule has 1 fully saturated rings. The van der Waals surface area contributed by atoms with E-state index in [0.717, 1.165) is 10.7 Å². The number of rotatable bonds is 2. The van der Waals surface area contributed by atoms with Crippen molar-refractivity contribution >= 4 is 22.9 Å². The van der Waals surface area contributed by atoms with Crippen LogP contribution in [0.25, 0.3) is 0 Å². The van der Waals surface area contributed by atoms with Crippen molar-refractivity contribution in [2.45, 2.75) is 19.3 Å². The van der Waals surface area contributed by atoms with Crippen LogP contribution < -0.4 is 5.32 Å². The van der Waals surface area contributed by atoms with Crippen molar-refractivity contribution in [2.24, 2.45) is 5.92 Å².